The summed E-state index contributed by atoms with van der Waals surface area (Å²) in [5.74, 6) is 0. The van der Waals surface area contributed by atoms with Crippen LogP contribution < -0.4 is 10.2 Å². The van der Waals surface area contributed by atoms with Gasteiger partial charge in [-0.3, -0.25) is 9.45 Å². The number of hydrogen-bond acceptors (Lipinski definition) is 3. The number of urea groups is 1. The van der Waals surface area contributed by atoms with Crippen molar-refractivity contribution in [2.75, 3.05) is 18.0 Å². The normalized spacial score (nSPS) is 14.6. The summed E-state index contributed by atoms with van der Waals surface area (Å²) in [5.41, 5.74) is 2.75. The van der Waals surface area contributed by atoms with Crippen molar-refractivity contribution in [2.24, 2.45) is 0 Å². The molecule has 0 unspecified atom stereocenters. The van der Waals surface area contributed by atoms with Crippen molar-refractivity contribution in [3.8, 4) is 11.1 Å². The average Bonchev–Trinajstić information content (AvgIpc) is 3.00. The fourth-order valence-corrected chi connectivity index (χ4v) is 3.80. The van der Waals surface area contributed by atoms with E-state index in [1.165, 1.54) is 6.07 Å². The van der Waals surface area contributed by atoms with Crippen LogP contribution in [0.25, 0.3) is 11.1 Å². The molecule has 3 rings (SSSR count). The van der Waals surface area contributed by atoms with E-state index in [9.17, 15) is 17.8 Å². The molecule has 7 heteroatoms. The van der Waals surface area contributed by atoms with Gasteiger partial charge < -0.3 is 5.32 Å². The van der Waals surface area contributed by atoms with Crippen molar-refractivity contribution >= 4 is 21.8 Å². The van der Waals surface area contributed by atoms with Gasteiger partial charge in [0, 0.05) is 24.3 Å². The zero-order chi connectivity index (χ0) is 18.0. The van der Waals surface area contributed by atoms with Gasteiger partial charge in [-0.25, -0.2) is 4.79 Å². The first-order valence-electron chi connectivity index (χ1n) is 8.17. The maximum absolute atomic E-state index is 11.9. The van der Waals surface area contributed by atoms with Crippen molar-refractivity contribution in [2.45, 2.75) is 24.7 Å². The van der Waals surface area contributed by atoms with E-state index in [0.29, 0.717) is 24.3 Å². The van der Waals surface area contributed by atoms with Crippen LogP contribution in [0.1, 0.15) is 18.9 Å². The Morgan fingerprint density at radius 1 is 1.16 bits per heavy atom. The van der Waals surface area contributed by atoms with Crippen LogP contribution in [0.5, 0.6) is 0 Å². The van der Waals surface area contributed by atoms with Crippen LogP contribution in [0, 0.1) is 0 Å². The highest BCUT2D eigenvalue weighted by Crippen LogP contribution is 2.34. The molecule has 0 radical (unpaired) electrons. The highest BCUT2D eigenvalue weighted by molar-refractivity contribution is 7.86. The predicted octanol–water partition coefficient (Wildman–Crippen LogP) is 3.08. The Balaban J connectivity index is 2.20. The molecule has 6 nitrogen and oxygen atoms in total. The second-order valence-corrected chi connectivity index (χ2v) is 7.34. The third-order valence-corrected chi connectivity index (χ3v) is 5.15. The molecule has 2 aromatic rings. The van der Waals surface area contributed by atoms with Crippen LogP contribution in [-0.4, -0.2) is 32.1 Å². The van der Waals surface area contributed by atoms with Crippen LogP contribution in [0.2, 0.25) is 0 Å². The quantitative estimate of drug-likeness (QED) is 0.802. The molecule has 1 aliphatic heterocycles. The largest absolute Gasteiger partial charge is 0.336 e. The Labute approximate surface area is 147 Å². The minimum Gasteiger partial charge on any atom is -0.336 e. The lowest BCUT2D eigenvalue weighted by Gasteiger charge is -2.18. The van der Waals surface area contributed by atoms with Gasteiger partial charge in [0.15, 0.2) is 0 Å². The molecule has 0 aliphatic carbocycles. The van der Waals surface area contributed by atoms with Crippen LogP contribution >= 0.6 is 0 Å². The van der Waals surface area contributed by atoms with E-state index >= 15 is 0 Å². The first-order chi connectivity index (χ1) is 11.9. The Morgan fingerprint density at radius 2 is 1.92 bits per heavy atom. The Morgan fingerprint density at radius 3 is 2.56 bits per heavy atom. The smallest absolute Gasteiger partial charge is 0.321 e. The third-order valence-electron chi connectivity index (χ3n) is 4.24. The minimum atomic E-state index is -4.39. The SMILES string of the molecule is CCCc1ccccc1-c1cc(N2CCNC2=O)ccc1S(=O)(=O)O. The number of nitrogens with one attached hydrogen (secondary N) is 1. The van der Waals surface area contributed by atoms with Gasteiger partial charge in [-0.2, -0.15) is 8.42 Å². The van der Waals surface area contributed by atoms with Gasteiger partial charge in [-0.05, 0) is 35.7 Å². The van der Waals surface area contributed by atoms with Crippen LogP contribution in [0.15, 0.2) is 47.4 Å². The van der Waals surface area contributed by atoms with Crippen LogP contribution in [-0.2, 0) is 16.5 Å². The molecule has 0 bridgehead atoms. The molecule has 25 heavy (non-hydrogen) atoms. The monoisotopic (exact) mass is 360 g/mol. The van der Waals surface area contributed by atoms with Gasteiger partial charge in [0.25, 0.3) is 10.1 Å². The molecule has 2 aromatic carbocycles. The lowest BCUT2D eigenvalue weighted by Crippen LogP contribution is -2.27. The fourth-order valence-electron chi connectivity index (χ4n) is 3.11. The predicted molar refractivity (Wildman–Crippen MR) is 96.4 cm³/mol. The van der Waals surface area contributed by atoms with E-state index in [-0.39, 0.29) is 10.9 Å². The first kappa shape index (κ1) is 17.4. The average molecular weight is 360 g/mol. The lowest BCUT2D eigenvalue weighted by molar-refractivity contribution is 0.252. The topological polar surface area (TPSA) is 86.7 Å². The van der Waals surface area contributed by atoms with Gasteiger partial charge in [-0.1, -0.05) is 37.6 Å². The number of carbonyl (C=O) groups excluding carboxylic acids is 1. The Hall–Kier alpha value is -2.38. The number of rotatable bonds is 5. The maximum Gasteiger partial charge on any atom is 0.321 e. The number of carbonyl (C=O) groups is 1. The van der Waals surface area contributed by atoms with Crippen LogP contribution in [0.4, 0.5) is 10.5 Å². The third kappa shape index (κ3) is 3.52. The zero-order valence-electron chi connectivity index (χ0n) is 13.9. The number of hydrogen-bond donors (Lipinski definition) is 2. The van der Waals surface area contributed by atoms with Gasteiger partial charge >= 0.3 is 6.03 Å². The van der Waals surface area contributed by atoms with Gasteiger partial charge in [0.2, 0.25) is 0 Å². The summed E-state index contributed by atoms with van der Waals surface area (Å²) < 4.78 is 33.4. The second-order valence-electron chi connectivity index (χ2n) is 5.95. The molecule has 1 saturated heterocycles. The van der Waals surface area contributed by atoms with Crippen molar-refractivity contribution in [1.82, 2.24) is 5.32 Å². The first-order valence-corrected chi connectivity index (χ1v) is 9.61. The number of aryl methyl sites for hydroxylation is 1. The summed E-state index contributed by atoms with van der Waals surface area (Å²) in [6, 6.07) is 11.9. The number of anilines is 1. The molecule has 2 amide bonds. The number of benzene rings is 2. The molecule has 1 heterocycles. The highest BCUT2D eigenvalue weighted by atomic mass is 32.2. The zero-order valence-corrected chi connectivity index (χ0v) is 14.7. The summed E-state index contributed by atoms with van der Waals surface area (Å²) in [7, 11) is -4.39. The van der Waals surface area contributed by atoms with E-state index in [2.05, 4.69) is 5.32 Å². The maximum atomic E-state index is 11.9. The molecule has 0 saturated carbocycles. The Bertz CT molecular complexity index is 909. The van der Waals surface area contributed by atoms with Crippen molar-refractivity contribution in [3.63, 3.8) is 0 Å². The molecule has 132 valence electrons. The summed E-state index contributed by atoms with van der Waals surface area (Å²) in [6.07, 6.45) is 1.70. The molecule has 0 atom stereocenters. The highest BCUT2D eigenvalue weighted by Gasteiger charge is 2.24. The van der Waals surface area contributed by atoms with E-state index in [1.54, 1.807) is 17.0 Å². The Kier molecular flexibility index (Phi) is 4.78. The van der Waals surface area contributed by atoms with Crippen molar-refractivity contribution in [1.29, 1.82) is 0 Å². The number of amides is 2. The van der Waals surface area contributed by atoms with Crippen molar-refractivity contribution < 1.29 is 17.8 Å². The number of nitrogens with zero attached hydrogens (tertiary/aromatic N) is 1. The van der Waals surface area contributed by atoms with E-state index in [1.807, 2.05) is 31.2 Å². The van der Waals surface area contributed by atoms with Gasteiger partial charge in [-0.15, -0.1) is 0 Å². The fraction of sp³-hybridized carbons (Fsp3) is 0.278. The summed E-state index contributed by atoms with van der Waals surface area (Å²) in [6.45, 7) is 3.10. The standard InChI is InChI=1S/C18H20N2O4S/c1-2-5-13-6-3-4-7-15(13)16-12-14(20-11-10-19-18(20)21)8-9-17(16)25(22,23)24/h3-4,6-9,12H,2,5,10-11H2,1H3,(H,19,21)(H,22,23,24). The van der Waals surface area contributed by atoms with Gasteiger partial charge in [0.1, 0.15) is 4.90 Å². The summed E-state index contributed by atoms with van der Waals surface area (Å²) >= 11 is 0. The molecule has 0 spiro atoms. The summed E-state index contributed by atoms with van der Waals surface area (Å²) in [4.78, 5) is 13.3. The summed E-state index contributed by atoms with van der Waals surface area (Å²) in [5, 5.41) is 2.72. The molecule has 1 fully saturated rings. The lowest BCUT2D eigenvalue weighted by atomic mass is 9.96. The minimum absolute atomic E-state index is 0.153. The molecule has 1 aliphatic rings. The van der Waals surface area contributed by atoms with Crippen molar-refractivity contribution in [3.05, 3.63) is 48.0 Å². The van der Waals surface area contributed by atoms with E-state index in [0.717, 1.165) is 24.0 Å². The molecule has 0 aromatic heterocycles. The van der Waals surface area contributed by atoms with Crippen LogP contribution in [0.3, 0.4) is 0 Å². The molecular formula is C18H20N2O4S. The second kappa shape index (κ2) is 6.85. The van der Waals surface area contributed by atoms with E-state index < -0.39 is 10.1 Å². The molecule has 2 N–H and O–H groups in total. The molecular weight excluding hydrogens is 340 g/mol. The van der Waals surface area contributed by atoms with E-state index in [4.69, 9.17) is 0 Å². The van der Waals surface area contributed by atoms with Gasteiger partial charge in [0.05, 0.1) is 0 Å².